The van der Waals surface area contributed by atoms with Crippen molar-refractivity contribution in [2.45, 2.75) is 18.8 Å². The molecule has 0 radical (unpaired) electrons. The van der Waals surface area contributed by atoms with Gasteiger partial charge in [0.05, 0.1) is 16.6 Å². The molecule has 1 aliphatic heterocycles. The lowest BCUT2D eigenvalue weighted by Gasteiger charge is -2.18. The second-order valence-electron chi connectivity index (χ2n) is 4.90. The van der Waals surface area contributed by atoms with Crippen LogP contribution in [0.5, 0.6) is 0 Å². The molecule has 0 spiro atoms. The average molecular weight is 292 g/mol. The summed E-state index contributed by atoms with van der Waals surface area (Å²) >= 11 is 0. The Hall–Kier alpha value is -2.35. The van der Waals surface area contributed by atoms with Crippen LogP contribution in [0.4, 0.5) is 10.1 Å². The molecular formula is C13H13FN4O3. The summed E-state index contributed by atoms with van der Waals surface area (Å²) in [6, 6.07) is 3.35. The van der Waals surface area contributed by atoms with E-state index in [1.807, 2.05) is 0 Å². The molecule has 1 aromatic carbocycles. The second kappa shape index (κ2) is 5.57. The van der Waals surface area contributed by atoms with Crippen molar-refractivity contribution in [2.75, 3.05) is 13.1 Å². The van der Waals surface area contributed by atoms with Gasteiger partial charge in [-0.05, 0) is 32.0 Å². The van der Waals surface area contributed by atoms with Crippen molar-refractivity contribution in [3.05, 3.63) is 40.0 Å². The minimum absolute atomic E-state index is 0.0518. The highest BCUT2D eigenvalue weighted by molar-refractivity contribution is 5.56. The summed E-state index contributed by atoms with van der Waals surface area (Å²) in [4.78, 5) is 14.2. The van der Waals surface area contributed by atoms with Crippen molar-refractivity contribution < 1.29 is 13.8 Å². The van der Waals surface area contributed by atoms with Crippen molar-refractivity contribution in [1.82, 2.24) is 15.5 Å². The molecule has 2 heterocycles. The molecule has 1 aliphatic rings. The number of hydrogen-bond acceptors (Lipinski definition) is 6. The molecule has 110 valence electrons. The summed E-state index contributed by atoms with van der Waals surface area (Å²) in [5.74, 6) is 0.0646. The van der Waals surface area contributed by atoms with Crippen LogP contribution in [0.3, 0.4) is 0 Å². The third-order valence-corrected chi connectivity index (χ3v) is 3.54. The average Bonchev–Trinajstić information content (AvgIpc) is 2.97. The molecule has 1 saturated heterocycles. The second-order valence-corrected chi connectivity index (χ2v) is 4.90. The molecule has 8 heteroatoms. The number of nitrogens with zero attached hydrogens (tertiary/aromatic N) is 3. The highest BCUT2D eigenvalue weighted by Crippen LogP contribution is 2.28. The highest BCUT2D eigenvalue weighted by atomic mass is 19.1. The summed E-state index contributed by atoms with van der Waals surface area (Å²) in [6.45, 7) is 1.78. The molecule has 3 rings (SSSR count). The highest BCUT2D eigenvalue weighted by Gasteiger charge is 2.23. The lowest BCUT2D eigenvalue weighted by atomic mass is 9.98. The first-order chi connectivity index (χ1) is 10.1. The summed E-state index contributed by atoms with van der Waals surface area (Å²) in [6.07, 6.45) is 1.81. The lowest BCUT2D eigenvalue weighted by molar-refractivity contribution is -0.385. The minimum Gasteiger partial charge on any atom is -0.334 e. The third kappa shape index (κ3) is 2.75. The topological polar surface area (TPSA) is 94.1 Å². The number of piperidine rings is 1. The smallest absolute Gasteiger partial charge is 0.272 e. The van der Waals surface area contributed by atoms with Crippen LogP contribution in [-0.4, -0.2) is 28.2 Å². The third-order valence-electron chi connectivity index (χ3n) is 3.54. The van der Waals surface area contributed by atoms with E-state index >= 15 is 0 Å². The Balaban J connectivity index is 1.87. The molecule has 0 amide bonds. The number of rotatable bonds is 3. The molecule has 21 heavy (non-hydrogen) atoms. The van der Waals surface area contributed by atoms with Gasteiger partial charge in [0.2, 0.25) is 0 Å². The predicted octanol–water partition coefficient (Wildman–Crippen LogP) is 2.25. The van der Waals surface area contributed by atoms with E-state index in [0.29, 0.717) is 5.82 Å². The molecular weight excluding hydrogens is 279 g/mol. The van der Waals surface area contributed by atoms with Gasteiger partial charge in [-0.25, -0.2) is 4.39 Å². The zero-order chi connectivity index (χ0) is 14.8. The van der Waals surface area contributed by atoms with Crippen LogP contribution in [0, 0.1) is 15.9 Å². The summed E-state index contributed by atoms with van der Waals surface area (Å²) in [7, 11) is 0. The van der Waals surface area contributed by atoms with E-state index in [1.54, 1.807) is 0 Å². The Morgan fingerprint density at radius 1 is 1.38 bits per heavy atom. The number of hydrogen-bond donors (Lipinski definition) is 1. The van der Waals surface area contributed by atoms with Crippen molar-refractivity contribution in [3.8, 4) is 11.5 Å². The normalized spacial score (nSPS) is 16.0. The predicted molar refractivity (Wildman–Crippen MR) is 71.2 cm³/mol. The first-order valence-corrected chi connectivity index (χ1v) is 6.64. The van der Waals surface area contributed by atoms with Gasteiger partial charge < -0.3 is 9.84 Å². The van der Waals surface area contributed by atoms with E-state index in [1.165, 1.54) is 12.1 Å². The SMILES string of the molecule is O=[N+]([O-])c1ccc(-c2nc(C3CCNCC3)no2)c(F)c1. The van der Waals surface area contributed by atoms with Crippen LogP contribution < -0.4 is 5.32 Å². The van der Waals surface area contributed by atoms with Gasteiger partial charge in [-0.15, -0.1) is 0 Å². The number of nitrogens with one attached hydrogen (secondary N) is 1. The van der Waals surface area contributed by atoms with Gasteiger partial charge in [-0.2, -0.15) is 4.98 Å². The van der Waals surface area contributed by atoms with Crippen LogP contribution in [-0.2, 0) is 0 Å². The Bertz CT molecular complexity index is 667. The standard InChI is InChI=1S/C13H13FN4O3/c14-11-7-9(18(19)20)1-2-10(11)13-16-12(17-21-13)8-3-5-15-6-4-8/h1-2,7-8,15H,3-6H2. The first kappa shape index (κ1) is 13.6. The van der Waals surface area contributed by atoms with Crippen LogP contribution in [0.25, 0.3) is 11.5 Å². The van der Waals surface area contributed by atoms with E-state index in [2.05, 4.69) is 15.5 Å². The van der Waals surface area contributed by atoms with Gasteiger partial charge in [0.25, 0.3) is 11.6 Å². The maximum absolute atomic E-state index is 13.9. The Kier molecular flexibility index (Phi) is 3.61. The van der Waals surface area contributed by atoms with Gasteiger partial charge in [-0.3, -0.25) is 10.1 Å². The number of nitro benzene ring substituents is 1. The fraction of sp³-hybridized carbons (Fsp3) is 0.385. The zero-order valence-corrected chi connectivity index (χ0v) is 11.1. The van der Waals surface area contributed by atoms with Gasteiger partial charge in [0, 0.05) is 12.0 Å². The largest absolute Gasteiger partial charge is 0.334 e. The fourth-order valence-electron chi connectivity index (χ4n) is 2.38. The Morgan fingerprint density at radius 3 is 2.81 bits per heavy atom. The van der Waals surface area contributed by atoms with Crippen molar-refractivity contribution >= 4 is 5.69 Å². The molecule has 1 aromatic heterocycles. The zero-order valence-electron chi connectivity index (χ0n) is 11.1. The van der Waals surface area contributed by atoms with Crippen LogP contribution in [0.1, 0.15) is 24.6 Å². The molecule has 0 saturated carbocycles. The van der Waals surface area contributed by atoms with E-state index in [9.17, 15) is 14.5 Å². The molecule has 1 fully saturated rings. The maximum atomic E-state index is 13.9. The number of benzene rings is 1. The number of non-ortho nitro benzene ring substituents is 1. The molecule has 0 unspecified atom stereocenters. The number of nitro groups is 1. The van der Waals surface area contributed by atoms with Crippen molar-refractivity contribution in [2.24, 2.45) is 0 Å². The van der Waals surface area contributed by atoms with E-state index in [-0.39, 0.29) is 23.1 Å². The number of aromatic nitrogens is 2. The summed E-state index contributed by atoms with van der Waals surface area (Å²) in [5.41, 5.74) is -0.234. The van der Waals surface area contributed by atoms with Crippen LogP contribution >= 0.6 is 0 Å². The molecule has 0 aliphatic carbocycles. The van der Waals surface area contributed by atoms with E-state index < -0.39 is 10.7 Å². The maximum Gasteiger partial charge on any atom is 0.272 e. The molecule has 7 nitrogen and oxygen atoms in total. The number of halogens is 1. The van der Waals surface area contributed by atoms with Crippen molar-refractivity contribution in [3.63, 3.8) is 0 Å². The van der Waals surface area contributed by atoms with Gasteiger partial charge in [0.1, 0.15) is 5.82 Å². The van der Waals surface area contributed by atoms with Crippen LogP contribution in [0.2, 0.25) is 0 Å². The molecule has 0 bridgehead atoms. The van der Waals surface area contributed by atoms with E-state index in [0.717, 1.165) is 32.0 Å². The summed E-state index contributed by atoms with van der Waals surface area (Å²) < 4.78 is 19.0. The molecule has 0 atom stereocenters. The molecule has 2 aromatic rings. The fourth-order valence-corrected chi connectivity index (χ4v) is 2.38. The Morgan fingerprint density at radius 2 is 2.14 bits per heavy atom. The lowest BCUT2D eigenvalue weighted by Crippen LogP contribution is -2.27. The van der Waals surface area contributed by atoms with E-state index in [4.69, 9.17) is 4.52 Å². The van der Waals surface area contributed by atoms with Crippen LogP contribution in [0.15, 0.2) is 22.7 Å². The van der Waals surface area contributed by atoms with Gasteiger partial charge >= 0.3 is 0 Å². The van der Waals surface area contributed by atoms with Crippen molar-refractivity contribution in [1.29, 1.82) is 0 Å². The molecule has 1 N–H and O–H groups in total. The minimum atomic E-state index is -0.746. The quantitative estimate of drug-likeness (QED) is 0.688. The van der Waals surface area contributed by atoms with Gasteiger partial charge in [-0.1, -0.05) is 5.16 Å². The summed E-state index contributed by atoms with van der Waals surface area (Å²) in [5, 5.41) is 17.7. The monoisotopic (exact) mass is 292 g/mol. The van der Waals surface area contributed by atoms with Gasteiger partial charge in [0.15, 0.2) is 5.82 Å². The Labute approximate surface area is 119 Å². The first-order valence-electron chi connectivity index (χ1n) is 6.64.